The van der Waals surface area contributed by atoms with Gasteiger partial charge in [-0.15, -0.1) is 0 Å². The Hall–Kier alpha value is -3.21. The number of halogens is 2. The highest BCUT2D eigenvalue weighted by molar-refractivity contribution is 5.82. The van der Waals surface area contributed by atoms with Crippen LogP contribution in [0, 0.1) is 11.6 Å². The van der Waals surface area contributed by atoms with Gasteiger partial charge < -0.3 is 9.30 Å². The van der Waals surface area contributed by atoms with Crippen LogP contribution in [0.4, 0.5) is 8.78 Å². The van der Waals surface area contributed by atoms with Gasteiger partial charge in [-0.1, -0.05) is 30.3 Å². The van der Waals surface area contributed by atoms with E-state index in [2.05, 4.69) is 4.98 Å². The van der Waals surface area contributed by atoms with Gasteiger partial charge in [0, 0.05) is 12.6 Å². The number of methoxy groups -OCH3 is 1. The number of imidazole rings is 1. The fourth-order valence-electron chi connectivity index (χ4n) is 3.03. The van der Waals surface area contributed by atoms with Crippen molar-refractivity contribution in [3.05, 3.63) is 83.9 Å². The van der Waals surface area contributed by atoms with E-state index < -0.39 is 11.6 Å². The maximum absolute atomic E-state index is 14.4. The highest BCUT2D eigenvalue weighted by Crippen LogP contribution is 2.30. The van der Waals surface area contributed by atoms with Gasteiger partial charge in [-0.25, -0.2) is 13.8 Å². The van der Waals surface area contributed by atoms with Crippen LogP contribution in [0.5, 0.6) is 5.75 Å². The van der Waals surface area contributed by atoms with E-state index in [0.29, 0.717) is 23.6 Å². The number of benzene rings is 3. The van der Waals surface area contributed by atoms with E-state index in [4.69, 9.17) is 4.74 Å². The molecule has 0 unspecified atom stereocenters. The molecular formula is C21H16F2N2O. The van der Waals surface area contributed by atoms with E-state index in [1.54, 1.807) is 13.2 Å². The molecule has 0 saturated heterocycles. The fraction of sp³-hybridized carbons (Fsp3) is 0.0952. The van der Waals surface area contributed by atoms with Gasteiger partial charge in [-0.3, -0.25) is 0 Å². The predicted octanol–water partition coefficient (Wildman–Crippen LogP) is 5.04. The van der Waals surface area contributed by atoms with Crippen LogP contribution in [-0.4, -0.2) is 16.7 Å². The van der Waals surface area contributed by atoms with Crippen molar-refractivity contribution in [1.29, 1.82) is 0 Å². The van der Waals surface area contributed by atoms with Crippen LogP contribution in [0.15, 0.2) is 66.7 Å². The van der Waals surface area contributed by atoms with E-state index in [1.807, 2.05) is 47.0 Å². The lowest BCUT2D eigenvalue weighted by molar-refractivity contribution is 0.415. The van der Waals surface area contributed by atoms with Gasteiger partial charge in [0.05, 0.1) is 23.7 Å². The highest BCUT2D eigenvalue weighted by atomic mass is 19.1. The molecule has 1 aromatic heterocycles. The molecule has 4 rings (SSSR count). The highest BCUT2D eigenvalue weighted by Gasteiger charge is 2.17. The van der Waals surface area contributed by atoms with E-state index in [0.717, 1.165) is 23.2 Å². The summed E-state index contributed by atoms with van der Waals surface area (Å²) in [5, 5.41) is 0. The second kappa shape index (κ2) is 6.59. The lowest BCUT2D eigenvalue weighted by Crippen LogP contribution is -2.03. The standard InChI is InChI=1S/C21H16F2N2O/c1-26-16-8-10-19-20(12-16)25(13-14-5-3-2-4-6-14)21(24-19)17-11-15(22)7-9-18(17)23/h2-12H,13H2,1H3. The van der Waals surface area contributed by atoms with Gasteiger partial charge in [-0.2, -0.15) is 0 Å². The van der Waals surface area contributed by atoms with Crippen molar-refractivity contribution < 1.29 is 13.5 Å². The molecular weight excluding hydrogens is 334 g/mol. The zero-order chi connectivity index (χ0) is 18.1. The van der Waals surface area contributed by atoms with E-state index in [1.165, 1.54) is 6.07 Å². The van der Waals surface area contributed by atoms with Crippen LogP contribution in [-0.2, 0) is 6.54 Å². The Morgan fingerprint density at radius 3 is 2.54 bits per heavy atom. The Labute approximate surface area is 149 Å². The van der Waals surface area contributed by atoms with Crippen LogP contribution in [0.2, 0.25) is 0 Å². The zero-order valence-corrected chi connectivity index (χ0v) is 14.1. The molecule has 0 saturated carbocycles. The van der Waals surface area contributed by atoms with Gasteiger partial charge in [0.2, 0.25) is 0 Å². The molecule has 1 heterocycles. The topological polar surface area (TPSA) is 27.1 Å². The van der Waals surface area contributed by atoms with Crippen molar-refractivity contribution in [2.45, 2.75) is 6.54 Å². The van der Waals surface area contributed by atoms with E-state index >= 15 is 0 Å². The summed E-state index contributed by atoms with van der Waals surface area (Å²) in [7, 11) is 1.59. The van der Waals surface area contributed by atoms with E-state index in [9.17, 15) is 8.78 Å². The minimum absolute atomic E-state index is 0.135. The summed E-state index contributed by atoms with van der Waals surface area (Å²) in [5.74, 6) is 0.0485. The van der Waals surface area contributed by atoms with Gasteiger partial charge in [0.15, 0.2) is 0 Å². The predicted molar refractivity (Wildman–Crippen MR) is 97.2 cm³/mol. The number of ether oxygens (including phenoxy) is 1. The normalized spacial score (nSPS) is 11.0. The third-order valence-corrected chi connectivity index (χ3v) is 4.31. The Bertz CT molecular complexity index is 1070. The summed E-state index contributed by atoms with van der Waals surface area (Å²) in [6.45, 7) is 0.482. The lowest BCUT2D eigenvalue weighted by Gasteiger charge is -2.11. The molecule has 0 aliphatic rings. The SMILES string of the molecule is COc1ccc2nc(-c3cc(F)ccc3F)n(Cc3ccccc3)c2c1. The van der Waals surface area contributed by atoms with Crippen LogP contribution in [0.1, 0.15) is 5.56 Å². The van der Waals surface area contributed by atoms with Crippen LogP contribution < -0.4 is 4.74 Å². The fourth-order valence-corrected chi connectivity index (χ4v) is 3.03. The largest absolute Gasteiger partial charge is 0.497 e. The first-order valence-electron chi connectivity index (χ1n) is 8.19. The Balaban J connectivity index is 1.96. The minimum Gasteiger partial charge on any atom is -0.497 e. The molecule has 0 aliphatic heterocycles. The molecule has 0 bridgehead atoms. The third kappa shape index (κ3) is 2.92. The maximum atomic E-state index is 14.4. The first-order chi connectivity index (χ1) is 12.7. The molecule has 0 aliphatic carbocycles. The Morgan fingerprint density at radius 2 is 1.77 bits per heavy atom. The lowest BCUT2D eigenvalue weighted by atomic mass is 10.1. The van der Waals surface area contributed by atoms with Crippen LogP contribution in [0.3, 0.4) is 0 Å². The smallest absolute Gasteiger partial charge is 0.144 e. The van der Waals surface area contributed by atoms with Crippen LogP contribution in [0.25, 0.3) is 22.4 Å². The maximum Gasteiger partial charge on any atom is 0.144 e. The molecule has 0 atom stereocenters. The van der Waals surface area contributed by atoms with Crippen molar-refractivity contribution in [1.82, 2.24) is 9.55 Å². The van der Waals surface area contributed by atoms with Crippen molar-refractivity contribution in [3.63, 3.8) is 0 Å². The average Bonchev–Trinajstić information content (AvgIpc) is 3.02. The number of rotatable bonds is 4. The first-order valence-corrected chi connectivity index (χ1v) is 8.19. The molecule has 130 valence electrons. The molecule has 4 aromatic rings. The summed E-state index contributed by atoms with van der Waals surface area (Å²) in [6, 6.07) is 18.7. The van der Waals surface area contributed by atoms with Crippen molar-refractivity contribution >= 4 is 11.0 Å². The summed E-state index contributed by atoms with van der Waals surface area (Å²) in [5.41, 5.74) is 2.66. The number of hydrogen-bond acceptors (Lipinski definition) is 2. The number of nitrogens with zero attached hydrogens (tertiary/aromatic N) is 2. The average molecular weight is 350 g/mol. The quantitative estimate of drug-likeness (QED) is 0.516. The van der Waals surface area contributed by atoms with Crippen molar-refractivity contribution in [2.24, 2.45) is 0 Å². The molecule has 0 radical (unpaired) electrons. The Morgan fingerprint density at radius 1 is 0.962 bits per heavy atom. The number of aromatic nitrogens is 2. The summed E-state index contributed by atoms with van der Waals surface area (Å²) in [6.07, 6.45) is 0. The number of hydrogen-bond donors (Lipinski definition) is 0. The number of fused-ring (bicyclic) bond motifs is 1. The minimum atomic E-state index is -0.511. The summed E-state index contributed by atoms with van der Waals surface area (Å²) < 4.78 is 35.3. The summed E-state index contributed by atoms with van der Waals surface area (Å²) in [4.78, 5) is 4.56. The summed E-state index contributed by atoms with van der Waals surface area (Å²) >= 11 is 0. The van der Waals surface area contributed by atoms with Gasteiger partial charge >= 0.3 is 0 Å². The van der Waals surface area contributed by atoms with Gasteiger partial charge in [0.25, 0.3) is 0 Å². The van der Waals surface area contributed by atoms with E-state index in [-0.39, 0.29) is 5.56 Å². The second-order valence-corrected chi connectivity index (χ2v) is 5.99. The Kier molecular flexibility index (Phi) is 4.13. The van der Waals surface area contributed by atoms with Crippen LogP contribution >= 0.6 is 0 Å². The second-order valence-electron chi connectivity index (χ2n) is 5.99. The van der Waals surface area contributed by atoms with Crippen molar-refractivity contribution in [2.75, 3.05) is 7.11 Å². The molecule has 5 heteroatoms. The molecule has 3 nitrogen and oxygen atoms in total. The van der Waals surface area contributed by atoms with Gasteiger partial charge in [0.1, 0.15) is 23.2 Å². The molecule has 3 aromatic carbocycles. The zero-order valence-electron chi connectivity index (χ0n) is 14.1. The molecule has 26 heavy (non-hydrogen) atoms. The van der Waals surface area contributed by atoms with Crippen molar-refractivity contribution in [3.8, 4) is 17.1 Å². The van der Waals surface area contributed by atoms with Gasteiger partial charge in [-0.05, 0) is 35.9 Å². The first kappa shape index (κ1) is 16.3. The molecule has 0 N–H and O–H groups in total. The third-order valence-electron chi connectivity index (χ3n) is 4.31. The molecule has 0 fully saturated rings. The molecule has 0 spiro atoms. The molecule has 0 amide bonds. The monoisotopic (exact) mass is 350 g/mol.